The highest BCUT2D eigenvalue weighted by atomic mass is 16.6. The second-order valence-corrected chi connectivity index (χ2v) is 4.54. The van der Waals surface area contributed by atoms with Crippen molar-refractivity contribution >= 4 is 0 Å². The summed E-state index contributed by atoms with van der Waals surface area (Å²) in [7, 11) is 2.03. The van der Waals surface area contributed by atoms with Gasteiger partial charge in [-0.3, -0.25) is 0 Å². The van der Waals surface area contributed by atoms with Crippen LogP contribution in [-0.4, -0.2) is 64.1 Å². The molecule has 0 aliphatic carbocycles. The lowest BCUT2D eigenvalue weighted by Crippen LogP contribution is -2.39. The van der Waals surface area contributed by atoms with Crippen molar-refractivity contribution in [1.29, 1.82) is 0 Å². The number of ether oxygens (including phenoxy) is 2. The molecule has 0 amide bonds. The SMILES string of the molecule is CNCC1CCN(CC2COCCO2)C1. The Labute approximate surface area is 91.9 Å². The van der Waals surface area contributed by atoms with E-state index in [1.54, 1.807) is 0 Å². The molecular weight excluding hydrogens is 192 g/mol. The Morgan fingerprint density at radius 2 is 2.33 bits per heavy atom. The van der Waals surface area contributed by atoms with E-state index in [1.165, 1.54) is 19.5 Å². The van der Waals surface area contributed by atoms with E-state index in [0.29, 0.717) is 6.10 Å². The second kappa shape index (κ2) is 5.80. The zero-order valence-electron chi connectivity index (χ0n) is 9.58. The van der Waals surface area contributed by atoms with Crippen LogP contribution in [0.4, 0.5) is 0 Å². The van der Waals surface area contributed by atoms with Crippen LogP contribution in [0.25, 0.3) is 0 Å². The maximum absolute atomic E-state index is 5.65. The summed E-state index contributed by atoms with van der Waals surface area (Å²) >= 11 is 0. The number of nitrogens with zero attached hydrogens (tertiary/aromatic N) is 1. The molecule has 2 saturated heterocycles. The maximum atomic E-state index is 5.65. The van der Waals surface area contributed by atoms with Gasteiger partial charge < -0.3 is 19.7 Å². The van der Waals surface area contributed by atoms with Gasteiger partial charge in [0.15, 0.2) is 0 Å². The van der Waals surface area contributed by atoms with Crippen LogP contribution in [0, 0.1) is 5.92 Å². The summed E-state index contributed by atoms with van der Waals surface area (Å²) < 4.78 is 11.1. The topological polar surface area (TPSA) is 33.7 Å². The third-order valence-electron chi connectivity index (χ3n) is 3.21. The van der Waals surface area contributed by atoms with Gasteiger partial charge in [0.1, 0.15) is 0 Å². The van der Waals surface area contributed by atoms with E-state index >= 15 is 0 Å². The summed E-state index contributed by atoms with van der Waals surface area (Å²) in [5.41, 5.74) is 0. The summed E-state index contributed by atoms with van der Waals surface area (Å²) in [5.74, 6) is 0.819. The Kier molecular flexibility index (Phi) is 4.38. The largest absolute Gasteiger partial charge is 0.376 e. The molecule has 0 bridgehead atoms. The first-order valence-electron chi connectivity index (χ1n) is 5.95. The molecule has 0 aromatic carbocycles. The molecule has 2 unspecified atom stereocenters. The minimum atomic E-state index is 0.298. The van der Waals surface area contributed by atoms with Crippen LogP contribution >= 0.6 is 0 Å². The van der Waals surface area contributed by atoms with Crippen LogP contribution in [0.5, 0.6) is 0 Å². The van der Waals surface area contributed by atoms with E-state index in [1.807, 2.05) is 7.05 Å². The Morgan fingerprint density at radius 3 is 3.07 bits per heavy atom. The van der Waals surface area contributed by atoms with Gasteiger partial charge in [0, 0.05) is 13.1 Å². The van der Waals surface area contributed by atoms with E-state index in [2.05, 4.69) is 10.2 Å². The Bertz CT molecular complexity index is 183. The molecule has 2 atom stereocenters. The molecule has 0 spiro atoms. The highest BCUT2D eigenvalue weighted by molar-refractivity contribution is 4.79. The van der Waals surface area contributed by atoms with Crippen molar-refractivity contribution in [3.63, 3.8) is 0 Å². The van der Waals surface area contributed by atoms with Crippen LogP contribution in [0.3, 0.4) is 0 Å². The molecule has 1 N–H and O–H groups in total. The van der Waals surface area contributed by atoms with Crippen molar-refractivity contribution in [2.75, 3.05) is 53.0 Å². The van der Waals surface area contributed by atoms with Crippen molar-refractivity contribution in [3.8, 4) is 0 Å². The highest BCUT2D eigenvalue weighted by Crippen LogP contribution is 2.16. The first-order chi connectivity index (χ1) is 7.38. The van der Waals surface area contributed by atoms with Gasteiger partial charge in [-0.25, -0.2) is 0 Å². The molecule has 2 heterocycles. The lowest BCUT2D eigenvalue weighted by Gasteiger charge is -2.27. The van der Waals surface area contributed by atoms with Crippen molar-refractivity contribution in [1.82, 2.24) is 10.2 Å². The van der Waals surface area contributed by atoms with E-state index in [-0.39, 0.29) is 0 Å². The minimum Gasteiger partial charge on any atom is -0.376 e. The first-order valence-corrected chi connectivity index (χ1v) is 5.95. The zero-order chi connectivity index (χ0) is 10.5. The molecule has 2 aliphatic heterocycles. The van der Waals surface area contributed by atoms with Crippen molar-refractivity contribution in [2.45, 2.75) is 12.5 Å². The van der Waals surface area contributed by atoms with Crippen LogP contribution in [0.15, 0.2) is 0 Å². The van der Waals surface area contributed by atoms with Crippen molar-refractivity contribution < 1.29 is 9.47 Å². The molecule has 2 rings (SSSR count). The second-order valence-electron chi connectivity index (χ2n) is 4.54. The maximum Gasteiger partial charge on any atom is 0.0936 e. The molecule has 2 aliphatic rings. The third kappa shape index (κ3) is 3.41. The van der Waals surface area contributed by atoms with Gasteiger partial charge in [0.25, 0.3) is 0 Å². The number of hydrogen-bond donors (Lipinski definition) is 1. The number of hydrogen-bond acceptors (Lipinski definition) is 4. The van der Waals surface area contributed by atoms with Gasteiger partial charge in [-0.1, -0.05) is 0 Å². The monoisotopic (exact) mass is 214 g/mol. The lowest BCUT2D eigenvalue weighted by molar-refractivity contribution is -0.0961. The molecule has 2 fully saturated rings. The van der Waals surface area contributed by atoms with Crippen LogP contribution in [-0.2, 0) is 9.47 Å². The number of likely N-dealkylation sites (tertiary alicyclic amines) is 1. The Hall–Kier alpha value is -0.160. The molecule has 15 heavy (non-hydrogen) atoms. The van der Waals surface area contributed by atoms with Gasteiger partial charge in [0.05, 0.1) is 25.9 Å². The van der Waals surface area contributed by atoms with E-state index in [9.17, 15) is 0 Å². The quantitative estimate of drug-likeness (QED) is 0.711. The van der Waals surface area contributed by atoms with Crippen molar-refractivity contribution in [3.05, 3.63) is 0 Å². The predicted octanol–water partition coefficient (Wildman–Crippen LogP) is -0.0569. The first kappa shape index (κ1) is 11.3. The van der Waals surface area contributed by atoms with Gasteiger partial charge >= 0.3 is 0 Å². The van der Waals surface area contributed by atoms with Crippen LogP contribution in [0.2, 0.25) is 0 Å². The summed E-state index contributed by atoms with van der Waals surface area (Å²) in [6.07, 6.45) is 1.61. The molecule has 0 aromatic rings. The molecule has 88 valence electrons. The molecule has 4 heteroatoms. The number of rotatable bonds is 4. The Morgan fingerprint density at radius 1 is 1.40 bits per heavy atom. The van der Waals surface area contributed by atoms with Gasteiger partial charge in [-0.15, -0.1) is 0 Å². The lowest BCUT2D eigenvalue weighted by atomic mass is 10.1. The fourth-order valence-corrected chi connectivity index (χ4v) is 2.46. The summed E-state index contributed by atoms with van der Waals surface area (Å²) in [4.78, 5) is 2.50. The smallest absolute Gasteiger partial charge is 0.0936 e. The summed E-state index contributed by atoms with van der Waals surface area (Å²) in [5, 5.41) is 3.25. The van der Waals surface area contributed by atoms with Gasteiger partial charge in [0.2, 0.25) is 0 Å². The molecule has 4 nitrogen and oxygen atoms in total. The average molecular weight is 214 g/mol. The fraction of sp³-hybridized carbons (Fsp3) is 1.00. The normalized spacial score (nSPS) is 33.4. The highest BCUT2D eigenvalue weighted by Gasteiger charge is 2.25. The third-order valence-corrected chi connectivity index (χ3v) is 3.21. The van der Waals surface area contributed by atoms with E-state index < -0.39 is 0 Å². The van der Waals surface area contributed by atoms with E-state index in [4.69, 9.17) is 9.47 Å². The molecular formula is C11H22N2O2. The summed E-state index contributed by atoms with van der Waals surface area (Å²) in [6.45, 7) is 6.90. The number of nitrogens with one attached hydrogen (secondary N) is 1. The zero-order valence-corrected chi connectivity index (χ0v) is 9.58. The Balaban J connectivity index is 1.67. The molecule has 0 radical (unpaired) electrons. The molecule has 0 saturated carbocycles. The molecule has 0 aromatic heterocycles. The standard InChI is InChI=1S/C11H22N2O2/c1-12-6-10-2-3-13(7-10)8-11-9-14-4-5-15-11/h10-12H,2-9H2,1H3. The summed E-state index contributed by atoms with van der Waals surface area (Å²) in [6, 6.07) is 0. The van der Waals surface area contributed by atoms with E-state index in [0.717, 1.165) is 38.8 Å². The van der Waals surface area contributed by atoms with Gasteiger partial charge in [-0.2, -0.15) is 0 Å². The van der Waals surface area contributed by atoms with Crippen molar-refractivity contribution in [2.24, 2.45) is 5.92 Å². The fourth-order valence-electron chi connectivity index (χ4n) is 2.46. The average Bonchev–Trinajstić information content (AvgIpc) is 2.68. The van der Waals surface area contributed by atoms with Crippen LogP contribution < -0.4 is 5.32 Å². The van der Waals surface area contributed by atoms with Gasteiger partial charge in [-0.05, 0) is 32.5 Å². The van der Waals surface area contributed by atoms with Crippen LogP contribution in [0.1, 0.15) is 6.42 Å². The minimum absolute atomic E-state index is 0.298. The predicted molar refractivity (Wildman–Crippen MR) is 59.0 cm³/mol.